The number of hydrogen-bond acceptors (Lipinski definition) is 13. The molecule has 0 aromatic rings. The summed E-state index contributed by atoms with van der Waals surface area (Å²) in [5, 5.41) is 86.5. The van der Waals surface area contributed by atoms with Crippen molar-refractivity contribution in [3.05, 3.63) is 24.3 Å². The number of rotatable bonds is 54. The number of aliphatic hydroxyl groups is 8. The van der Waals surface area contributed by atoms with Gasteiger partial charge < -0.3 is 65.1 Å². The molecule has 466 valence electrons. The topological polar surface area (TPSA) is 228 Å². The van der Waals surface area contributed by atoms with E-state index in [0.29, 0.717) is 12.8 Å². The van der Waals surface area contributed by atoms with Crippen molar-refractivity contribution in [3.63, 3.8) is 0 Å². The lowest BCUT2D eigenvalue weighted by molar-refractivity contribution is -0.359. The third kappa shape index (κ3) is 36.0. The van der Waals surface area contributed by atoms with E-state index >= 15 is 0 Å². The zero-order valence-corrected chi connectivity index (χ0v) is 50.4. The predicted octanol–water partition coefficient (Wildman–Crippen LogP) is 12.4. The summed E-state index contributed by atoms with van der Waals surface area (Å²) in [4.78, 5) is 13.1. The summed E-state index contributed by atoms with van der Waals surface area (Å²) in [6, 6.07) is -0.821. The second-order valence-corrected chi connectivity index (χ2v) is 23.6. The molecular formula is C65H123NO13. The first kappa shape index (κ1) is 73.6. The Morgan fingerprint density at radius 3 is 1.27 bits per heavy atom. The Morgan fingerprint density at radius 2 is 0.835 bits per heavy atom. The predicted molar refractivity (Wildman–Crippen MR) is 318 cm³/mol. The molecule has 79 heavy (non-hydrogen) atoms. The minimum Gasteiger partial charge on any atom is -0.394 e. The fourth-order valence-corrected chi connectivity index (χ4v) is 11.1. The van der Waals surface area contributed by atoms with Crippen LogP contribution in [-0.4, -0.2) is 140 Å². The third-order valence-corrected chi connectivity index (χ3v) is 16.4. The summed E-state index contributed by atoms with van der Waals surface area (Å²) in [5.74, 6) is -0.211. The molecule has 9 N–H and O–H groups in total. The number of allylic oxidation sites excluding steroid dienone is 4. The van der Waals surface area contributed by atoms with Gasteiger partial charge in [0.1, 0.15) is 48.8 Å². The molecule has 14 heteroatoms. The van der Waals surface area contributed by atoms with Gasteiger partial charge in [-0.05, 0) is 44.9 Å². The highest BCUT2D eigenvalue weighted by atomic mass is 16.7. The van der Waals surface area contributed by atoms with Crippen LogP contribution < -0.4 is 5.32 Å². The van der Waals surface area contributed by atoms with E-state index in [2.05, 4.69) is 43.5 Å². The molecule has 12 unspecified atom stereocenters. The largest absolute Gasteiger partial charge is 0.394 e. The van der Waals surface area contributed by atoms with E-state index in [0.717, 1.165) is 57.8 Å². The van der Waals surface area contributed by atoms with Gasteiger partial charge in [0, 0.05) is 6.42 Å². The van der Waals surface area contributed by atoms with E-state index in [1.807, 2.05) is 0 Å². The molecule has 0 spiro atoms. The summed E-state index contributed by atoms with van der Waals surface area (Å²) in [7, 11) is 0. The van der Waals surface area contributed by atoms with E-state index in [1.54, 1.807) is 0 Å². The molecule has 2 saturated heterocycles. The molecule has 0 radical (unpaired) electrons. The maximum atomic E-state index is 13.1. The normalized spacial score (nSPS) is 24.5. The average Bonchev–Trinajstić information content (AvgIpc) is 3.45. The fourth-order valence-electron chi connectivity index (χ4n) is 11.1. The minimum absolute atomic E-state index is 0.211. The molecule has 0 saturated carbocycles. The third-order valence-electron chi connectivity index (χ3n) is 16.4. The van der Waals surface area contributed by atoms with E-state index in [-0.39, 0.29) is 12.5 Å². The first-order chi connectivity index (χ1) is 38.6. The monoisotopic (exact) mass is 1130 g/mol. The maximum Gasteiger partial charge on any atom is 0.220 e. The van der Waals surface area contributed by atoms with Crippen molar-refractivity contribution in [2.45, 2.75) is 364 Å². The standard InChI is InChI=1S/C65H123NO13/c1-3-5-7-9-10-11-12-13-14-15-16-17-18-19-20-21-22-23-24-25-26-27-28-29-30-31-32-33-34-35-36-37-38-39-40-41-42-43-44-45-47-49-57(70)66-53(54(69)48-46-8-6-4-2)52-76-64-62(75)60(73)63(56(51-68)78-64)79-65-61(74)59(72)58(71)55(50-67)77-65/h12-13,15-16,53-56,58-65,67-69,71-75H,3-11,14,17-52H2,1-2H3,(H,66,70)/b13-12-,16-15-. The van der Waals surface area contributed by atoms with Gasteiger partial charge >= 0.3 is 0 Å². The van der Waals surface area contributed by atoms with Gasteiger partial charge in [0.05, 0.1) is 32.0 Å². The first-order valence-corrected chi connectivity index (χ1v) is 33.1. The van der Waals surface area contributed by atoms with Gasteiger partial charge in [0.2, 0.25) is 5.91 Å². The molecule has 0 aromatic heterocycles. The van der Waals surface area contributed by atoms with Crippen LogP contribution in [0, 0.1) is 0 Å². The summed E-state index contributed by atoms with van der Waals surface area (Å²) in [6.45, 7) is 2.73. The number of aliphatic hydroxyl groups excluding tert-OH is 8. The number of ether oxygens (including phenoxy) is 4. The lowest BCUT2D eigenvalue weighted by atomic mass is 9.97. The molecule has 2 aliphatic heterocycles. The number of unbranched alkanes of at least 4 members (excludes halogenated alkanes) is 37. The highest BCUT2D eigenvalue weighted by molar-refractivity contribution is 5.76. The Bertz CT molecular complexity index is 1420. The molecule has 2 fully saturated rings. The molecule has 0 aromatic carbocycles. The maximum absolute atomic E-state index is 13.1. The Hall–Kier alpha value is -1.53. The van der Waals surface area contributed by atoms with Gasteiger partial charge in [-0.15, -0.1) is 0 Å². The van der Waals surface area contributed by atoms with Crippen molar-refractivity contribution in [1.29, 1.82) is 0 Å². The Morgan fingerprint density at radius 1 is 0.456 bits per heavy atom. The van der Waals surface area contributed by atoms with Crippen molar-refractivity contribution >= 4 is 5.91 Å². The van der Waals surface area contributed by atoms with E-state index in [9.17, 15) is 45.6 Å². The number of amides is 1. The molecule has 1 amide bonds. The summed E-state index contributed by atoms with van der Waals surface area (Å²) >= 11 is 0. The molecule has 0 aliphatic carbocycles. The van der Waals surface area contributed by atoms with Crippen LogP contribution in [0.15, 0.2) is 24.3 Å². The van der Waals surface area contributed by atoms with Crippen LogP contribution in [0.5, 0.6) is 0 Å². The van der Waals surface area contributed by atoms with Crippen LogP contribution in [-0.2, 0) is 23.7 Å². The van der Waals surface area contributed by atoms with Crippen molar-refractivity contribution in [2.75, 3.05) is 19.8 Å². The van der Waals surface area contributed by atoms with Gasteiger partial charge in [0.15, 0.2) is 12.6 Å². The summed E-state index contributed by atoms with van der Waals surface area (Å²) in [5.41, 5.74) is 0. The molecule has 0 bridgehead atoms. The van der Waals surface area contributed by atoms with Crippen LogP contribution in [0.4, 0.5) is 0 Å². The number of hydrogen-bond donors (Lipinski definition) is 9. The highest BCUT2D eigenvalue weighted by Gasteiger charge is 2.51. The molecular weight excluding hydrogens is 1000 g/mol. The van der Waals surface area contributed by atoms with Crippen molar-refractivity contribution in [3.8, 4) is 0 Å². The average molecular weight is 1130 g/mol. The SMILES string of the molecule is CCCCCCC/C=C\C/C=C\CCCCCCCCCCCCCCCCCCCCCCCCCCCCCCCC(=O)NC(COC1OC(CO)C(OC2OC(CO)C(O)C(O)C2O)C(O)C1O)C(O)CCCCCC. The second kappa shape index (κ2) is 50.9. The molecule has 12 atom stereocenters. The highest BCUT2D eigenvalue weighted by Crippen LogP contribution is 2.30. The van der Waals surface area contributed by atoms with Gasteiger partial charge in [-0.25, -0.2) is 0 Å². The Balaban J connectivity index is 1.42. The Kier molecular flexibility index (Phi) is 47.4. The van der Waals surface area contributed by atoms with E-state index < -0.39 is 86.8 Å². The van der Waals surface area contributed by atoms with Crippen LogP contribution in [0.3, 0.4) is 0 Å². The molecule has 14 nitrogen and oxygen atoms in total. The van der Waals surface area contributed by atoms with E-state index in [4.69, 9.17) is 18.9 Å². The number of carbonyl (C=O) groups is 1. The van der Waals surface area contributed by atoms with Crippen LogP contribution in [0.1, 0.15) is 290 Å². The zero-order chi connectivity index (χ0) is 57.4. The number of nitrogens with one attached hydrogen (secondary N) is 1. The minimum atomic E-state index is -1.78. The quantitative estimate of drug-likeness (QED) is 0.0204. The lowest BCUT2D eigenvalue weighted by Crippen LogP contribution is -2.65. The van der Waals surface area contributed by atoms with Crippen LogP contribution >= 0.6 is 0 Å². The molecule has 2 heterocycles. The first-order valence-electron chi connectivity index (χ1n) is 33.1. The van der Waals surface area contributed by atoms with Crippen LogP contribution in [0.2, 0.25) is 0 Å². The van der Waals surface area contributed by atoms with Gasteiger partial charge in [0.25, 0.3) is 0 Å². The molecule has 2 rings (SSSR count). The van der Waals surface area contributed by atoms with Crippen molar-refractivity contribution < 1.29 is 64.6 Å². The van der Waals surface area contributed by atoms with E-state index in [1.165, 1.54) is 205 Å². The summed E-state index contributed by atoms with van der Waals surface area (Å²) in [6.07, 6.45) is 46.3. The fraction of sp³-hybridized carbons (Fsp3) is 0.923. The number of carbonyl (C=O) groups excluding carboxylic acids is 1. The van der Waals surface area contributed by atoms with Crippen molar-refractivity contribution in [1.82, 2.24) is 5.32 Å². The Labute approximate surface area is 481 Å². The molecule has 2 aliphatic rings. The van der Waals surface area contributed by atoms with Gasteiger partial charge in [-0.2, -0.15) is 0 Å². The zero-order valence-electron chi connectivity index (χ0n) is 50.4. The van der Waals surface area contributed by atoms with Gasteiger partial charge in [-0.3, -0.25) is 4.79 Å². The van der Waals surface area contributed by atoms with Gasteiger partial charge in [-0.1, -0.05) is 263 Å². The van der Waals surface area contributed by atoms with Crippen LogP contribution in [0.25, 0.3) is 0 Å². The smallest absolute Gasteiger partial charge is 0.220 e. The lowest BCUT2D eigenvalue weighted by Gasteiger charge is -2.46. The summed E-state index contributed by atoms with van der Waals surface area (Å²) < 4.78 is 22.6. The van der Waals surface area contributed by atoms with Crippen molar-refractivity contribution in [2.24, 2.45) is 0 Å². The second-order valence-electron chi connectivity index (χ2n) is 23.6.